The van der Waals surface area contributed by atoms with Gasteiger partial charge in [-0.3, -0.25) is 0 Å². The number of imidazole rings is 1. The molecule has 3 rings (SSSR count). The van der Waals surface area contributed by atoms with E-state index in [0.29, 0.717) is 0 Å². The lowest BCUT2D eigenvalue weighted by Gasteiger charge is -2.08. The molecule has 0 aliphatic heterocycles. The van der Waals surface area contributed by atoms with Crippen LogP contribution in [0.25, 0.3) is 22.4 Å². The van der Waals surface area contributed by atoms with Crippen LogP contribution in [0.1, 0.15) is 13.3 Å². The molecule has 0 bridgehead atoms. The van der Waals surface area contributed by atoms with E-state index in [-0.39, 0.29) is 0 Å². The van der Waals surface area contributed by atoms with E-state index in [4.69, 9.17) is 10.7 Å². The number of aryl methyl sites for hydroxylation is 1. The van der Waals surface area contributed by atoms with Crippen LogP contribution in [-0.2, 0) is 6.54 Å². The Morgan fingerprint density at radius 2 is 1.90 bits per heavy atom. The van der Waals surface area contributed by atoms with Gasteiger partial charge < -0.3 is 10.3 Å². The molecule has 1 heterocycles. The first-order valence-corrected chi connectivity index (χ1v) is 7.50. The Morgan fingerprint density at radius 1 is 1.15 bits per heavy atom. The van der Waals surface area contributed by atoms with E-state index in [1.807, 2.05) is 24.3 Å². The maximum atomic E-state index is 5.76. The van der Waals surface area contributed by atoms with E-state index < -0.39 is 0 Å². The average molecular weight is 330 g/mol. The summed E-state index contributed by atoms with van der Waals surface area (Å²) < 4.78 is 3.32. The third kappa shape index (κ3) is 2.31. The smallest absolute Gasteiger partial charge is 0.141 e. The summed E-state index contributed by atoms with van der Waals surface area (Å²) in [5.41, 5.74) is 9.82. The summed E-state index contributed by atoms with van der Waals surface area (Å²) in [6.45, 7) is 3.13. The number of rotatable bonds is 3. The summed E-state index contributed by atoms with van der Waals surface area (Å²) in [5, 5.41) is 0. The van der Waals surface area contributed by atoms with Crippen LogP contribution in [0.15, 0.2) is 46.9 Å². The van der Waals surface area contributed by atoms with Crippen molar-refractivity contribution in [1.82, 2.24) is 9.55 Å². The minimum atomic E-state index is 0.773. The third-order valence-corrected chi connectivity index (χ3v) is 3.82. The van der Waals surface area contributed by atoms with E-state index in [0.717, 1.165) is 40.0 Å². The number of anilines is 1. The molecule has 4 heteroatoms. The molecule has 0 spiro atoms. The van der Waals surface area contributed by atoms with Crippen LogP contribution in [0.3, 0.4) is 0 Å². The van der Waals surface area contributed by atoms with Gasteiger partial charge in [0.1, 0.15) is 5.82 Å². The zero-order valence-electron chi connectivity index (χ0n) is 11.3. The van der Waals surface area contributed by atoms with Crippen molar-refractivity contribution in [3.63, 3.8) is 0 Å². The molecule has 0 radical (unpaired) electrons. The van der Waals surface area contributed by atoms with Crippen molar-refractivity contribution in [2.45, 2.75) is 19.9 Å². The molecule has 102 valence electrons. The zero-order chi connectivity index (χ0) is 14.1. The van der Waals surface area contributed by atoms with Gasteiger partial charge >= 0.3 is 0 Å². The SMILES string of the molecule is CCCn1c(-c2ccc(N)cc2)nc2cc(Br)ccc21. The Balaban J connectivity index is 2.22. The van der Waals surface area contributed by atoms with E-state index in [2.05, 4.69) is 45.6 Å². The Kier molecular flexibility index (Phi) is 3.49. The number of aromatic nitrogens is 2. The highest BCUT2D eigenvalue weighted by molar-refractivity contribution is 9.10. The maximum Gasteiger partial charge on any atom is 0.141 e. The fourth-order valence-electron chi connectivity index (χ4n) is 2.41. The normalized spacial score (nSPS) is 11.1. The van der Waals surface area contributed by atoms with Gasteiger partial charge in [0.25, 0.3) is 0 Å². The van der Waals surface area contributed by atoms with E-state index in [1.54, 1.807) is 0 Å². The molecule has 0 fully saturated rings. The quantitative estimate of drug-likeness (QED) is 0.721. The number of hydrogen-bond acceptors (Lipinski definition) is 2. The van der Waals surface area contributed by atoms with Crippen molar-refractivity contribution < 1.29 is 0 Å². The highest BCUT2D eigenvalue weighted by Crippen LogP contribution is 2.27. The molecule has 0 saturated carbocycles. The van der Waals surface area contributed by atoms with Gasteiger partial charge in [-0.05, 0) is 48.9 Å². The summed E-state index contributed by atoms with van der Waals surface area (Å²) in [6.07, 6.45) is 1.07. The molecule has 2 aromatic carbocycles. The Labute approximate surface area is 126 Å². The summed E-state index contributed by atoms with van der Waals surface area (Å²) in [7, 11) is 0. The molecule has 0 unspecified atom stereocenters. The highest BCUT2D eigenvalue weighted by atomic mass is 79.9. The number of nitrogens with two attached hydrogens (primary N) is 1. The standard InChI is InChI=1S/C16H16BrN3/c1-2-9-20-15-8-5-12(17)10-14(15)19-16(20)11-3-6-13(18)7-4-11/h3-8,10H,2,9,18H2,1H3. The lowest BCUT2D eigenvalue weighted by molar-refractivity contribution is 0.704. The molecule has 0 atom stereocenters. The second kappa shape index (κ2) is 5.29. The van der Waals surface area contributed by atoms with Crippen LogP contribution in [-0.4, -0.2) is 9.55 Å². The van der Waals surface area contributed by atoms with Gasteiger partial charge in [-0.2, -0.15) is 0 Å². The van der Waals surface area contributed by atoms with Crippen molar-refractivity contribution >= 4 is 32.7 Å². The molecule has 2 N–H and O–H groups in total. The van der Waals surface area contributed by atoms with E-state index >= 15 is 0 Å². The minimum absolute atomic E-state index is 0.773. The van der Waals surface area contributed by atoms with E-state index in [1.165, 1.54) is 5.52 Å². The largest absolute Gasteiger partial charge is 0.399 e. The van der Waals surface area contributed by atoms with Crippen molar-refractivity contribution in [3.8, 4) is 11.4 Å². The lowest BCUT2D eigenvalue weighted by atomic mass is 10.2. The van der Waals surface area contributed by atoms with Crippen LogP contribution in [0.4, 0.5) is 5.69 Å². The second-order valence-corrected chi connectivity index (χ2v) is 5.76. The highest BCUT2D eigenvalue weighted by Gasteiger charge is 2.12. The lowest BCUT2D eigenvalue weighted by Crippen LogP contribution is -1.99. The fraction of sp³-hybridized carbons (Fsp3) is 0.188. The van der Waals surface area contributed by atoms with Crippen LogP contribution in [0, 0.1) is 0 Å². The number of benzene rings is 2. The topological polar surface area (TPSA) is 43.8 Å². The van der Waals surface area contributed by atoms with Crippen molar-refractivity contribution in [2.75, 3.05) is 5.73 Å². The van der Waals surface area contributed by atoms with Gasteiger partial charge in [0.2, 0.25) is 0 Å². The number of fused-ring (bicyclic) bond motifs is 1. The second-order valence-electron chi connectivity index (χ2n) is 4.84. The first-order valence-electron chi connectivity index (χ1n) is 6.70. The summed E-state index contributed by atoms with van der Waals surface area (Å²) >= 11 is 3.51. The molecular weight excluding hydrogens is 314 g/mol. The van der Waals surface area contributed by atoms with Gasteiger partial charge in [-0.25, -0.2) is 4.98 Å². The number of nitrogen functional groups attached to an aromatic ring is 1. The number of hydrogen-bond donors (Lipinski definition) is 1. The van der Waals surface area contributed by atoms with Crippen LogP contribution in [0.5, 0.6) is 0 Å². The molecule has 0 aliphatic rings. The zero-order valence-corrected chi connectivity index (χ0v) is 12.9. The van der Waals surface area contributed by atoms with Gasteiger partial charge in [0, 0.05) is 22.3 Å². The predicted octanol–water partition coefficient (Wildman–Crippen LogP) is 4.46. The van der Waals surface area contributed by atoms with Crippen molar-refractivity contribution in [1.29, 1.82) is 0 Å². The summed E-state index contributed by atoms with van der Waals surface area (Å²) in [5.74, 6) is 1.000. The van der Waals surface area contributed by atoms with Crippen molar-refractivity contribution in [2.24, 2.45) is 0 Å². The summed E-state index contributed by atoms with van der Waals surface area (Å²) in [4.78, 5) is 4.78. The van der Waals surface area contributed by atoms with Gasteiger partial charge in [-0.15, -0.1) is 0 Å². The Hall–Kier alpha value is -1.81. The molecule has 20 heavy (non-hydrogen) atoms. The molecule has 0 aliphatic carbocycles. The Bertz CT molecular complexity index is 744. The first kappa shape index (κ1) is 13.2. The van der Waals surface area contributed by atoms with Gasteiger partial charge in [0.05, 0.1) is 11.0 Å². The molecule has 1 aromatic heterocycles. The summed E-state index contributed by atoms with van der Waals surface area (Å²) in [6, 6.07) is 14.1. The number of nitrogens with zero attached hydrogens (tertiary/aromatic N) is 2. The monoisotopic (exact) mass is 329 g/mol. The maximum absolute atomic E-state index is 5.76. The minimum Gasteiger partial charge on any atom is -0.399 e. The van der Waals surface area contributed by atoms with E-state index in [9.17, 15) is 0 Å². The number of halogens is 1. The molecule has 0 amide bonds. The van der Waals surface area contributed by atoms with Crippen LogP contribution >= 0.6 is 15.9 Å². The third-order valence-electron chi connectivity index (χ3n) is 3.33. The van der Waals surface area contributed by atoms with Crippen LogP contribution < -0.4 is 5.73 Å². The Morgan fingerprint density at radius 3 is 2.60 bits per heavy atom. The predicted molar refractivity (Wildman–Crippen MR) is 87.6 cm³/mol. The fourth-order valence-corrected chi connectivity index (χ4v) is 2.75. The first-order chi connectivity index (χ1) is 9.69. The van der Waals surface area contributed by atoms with Crippen LogP contribution in [0.2, 0.25) is 0 Å². The molecular formula is C16H16BrN3. The molecule has 0 saturated heterocycles. The van der Waals surface area contributed by atoms with Gasteiger partial charge in [0.15, 0.2) is 0 Å². The van der Waals surface area contributed by atoms with Gasteiger partial charge in [-0.1, -0.05) is 22.9 Å². The molecule has 3 aromatic rings. The average Bonchev–Trinajstić information content (AvgIpc) is 2.78. The van der Waals surface area contributed by atoms with Crippen molar-refractivity contribution in [3.05, 3.63) is 46.9 Å². The molecule has 3 nitrogen and oxygen atoms in total.